The van der Waals surface area contributed by atoms with Crippen molar-refractivity contribution in [2.24, 2.45) is 11.8 Å². The van der Waals surface area contributed by atoms with E-state index in [9.17, 15) is 0 Å². The summed E-state index contributed by atoms with van der Waals surface area (Å²) in [7, 11) is 0. The van der Waals surface area contributed by atoms with Crippen LogP contribution in [-0.4, -0.2) is 16.3 Å². The summed E-state index contributed by atoms with van der Waals surface area (Å²) in [5, 5.41) is 8.48. The van der Waals surface area contributed by atoms with Crippen molar-refractivity contribution in [2.75, 3.05) is 11.9 Å². The molecule has 3 nitrogen and oxygen atoms in total. The van der Waals surface area contributed by atoms with E-state index in [0.717, 1.165) is 24.3 Å². The predicted octanol–water partition coefficient (Wildman–Crippen LogP) is 3.55. The summed E-state index contributed by atoms with van der Waals surface area (Å²) in [5.74, 6) is 3.77. The Morgan fingerprint density at radius 2 is 2.06 bits per heavy atom. The Morgan fingerprint density at radius 1 is 1.28 bits per heavy atom. The largest absolute Gasteiger partial charge is 0.370 e. The van der Waals surface area contributed by atoms with Gasteiger partial charge in [-0.1, -0.05) is 19.8 Å². The van der Waals surface area contributed by atoms with Crippen molar-refractivity contribution in [3.05, 3.63) is 11.8 Å². The zero-order valence-corrected chi connectivity index (χ0v) is 11.2. The molecule has 2 saturated carbocycles. The fraction of sp³-hybridized carbons (Fsp3) is 0.800. The summed E-state index contributed by atoms with van der Waals surface area (Å²) in [4.78, 5) is 0. The maximum absolute atomic E-state index is 4.94. The number of hydrogen-bond donors (Lipinski definition) is 1. The highest BCUT2D eigenvalue weighted by Crippen LogP contribution is 2.48. The van der Waals surface area contributed by atoms with Gasteiger partial charge in [0.05, 0.1) is 11.7 Å². The van der Waals surface area contributed by atoms with Crippen LogP contribution >= 0.6 is 0 Å². The molecule has 0 spiro atoms. The van der Waals surface area contributed by atoms with Gasteiger partial charge < -0.3 is 5.32 Å². The average Bonchev–Trinajstić information content (AvgIpc) is 2.88. The molecule has 0 aromatic carbocycles. The highest BCUT2D eigenvalue weighted by Gasteiger charge is 2.38. The molecule has 0 radical (unpaired) electrons. The molecule has 18 heavy (non-hydrogen) atoms. The van der Waals surface area contributed by atoms with Gasteiger partial charge in [-0.05, 0) is 37.5 Å². The zero-order valence-electron chi connectivity index (χ0n) is 11.2. The lowest BCUT2D eigenvalue weighted by atomic mass is 9.94. The van der Waals surface area contributed by atoms with Crippen LogP contribution in [0.5, 0.6) is 0 Å². The van der Waals surface area contributed by atoms with Gasteiger partial charge in [0.2, 0.25) is 0 Å². The van der Waals surface area contributed by atoms with Gasteiger partial charge in [0.1, 0.15) is 5.82 Å². The van der Waals surface area contributed by atoms with E-state index in [1.54, 1.807) is 0 Å². The first-order valence-corrected chi connectivity index (χ1v) is 7.66. The van der Waals surface area contributed by atoms with Crippen molar-refractivity contribution in [2.45, 2.75) is 57.4 Å². The lowest BCUT2D eigenvalue weighted by Crippen LogP contribution is -2.28. The Balaban J connectivity index is 1.63. The molecule has 2 fully saturated rings. The van der Waals surface area contributed by atoms with Crippen molar-refractivity contribution in [3.63, 3.8) is 0 Å². The molecule has 1 aromatic heterocycles. The molecule has 4 rings (SSSR count). The van der Waals surface area contributed by atoms with Crippen LogP contribution in [0.2, 0.25) is 0 Å². The van der Waals surface area contributed by atoms with Gasteiger partial charge in [0, 0.05) is 18.5 Å². The molecule has 3 aliphatic rings. The first kappa shape index (κ1) is 10.9. The van der Waals surface area contributed by atoms with Crippen LogP contribution in [0.1, 0.15) is 63.1 Å². The van der Waals surface area contributed by atoms with E-state index in [4.69, 9.17) is 5.10 Å². The van der Waals surface area contributed by atoms with Crippen LogP contribution < -0.4 is 5.32 Å². The van der Waals surface area contributed by atoms with E-state index in [2.05, 4.69) is 23.0 Å². The SMILES string of the molecule is CC1CC1c1cc2n(n1)C(C1CCCC1)CCN2. The molecule has 98 valence electrons. The van der Waals surface area contributed by atoms with Gasteiger partial charge in [0.15, 0.2) is 0 Å². The van der Waals surface area contributed by atoms with Gasteiger partial charge in [-0.3, -0.25) is 0 Å². The van der Waals surface area contributed by atoms with Gasteiger partial charge >= 0.3 is 0 Å². The van der Waals surface area contributed by atoms with Crippen molar-refractivity contribution in [3.8, 4) is 0 Å². The molecule has 1 aromatic rings. The van der Waals surface area contributed by atoms with E-state index in [1.807, 2.05) is 0 Å². The molecular formula is C15H23N3. The molecule has 0 amide bonds. The maximum Gasteiger partial charge on any atom is 0.124 e. The molecule has 0 saturated heterocycles. The first-order valence-electron chi connectivity index (χ1n) is 7.66. The molecule has 1 N–H and O–H groups in total. The highest BCUT2D eigenvalue weighted by molar-refractivity contribution is 5.41. The summed E-state index contributed by atoms with van der Waals surface area (Å²) in [5.41, 5.74) is 1.34. The Kier molecular flexibility index (Phi) is 2.42. The van der Waals surface area contributed by atoms with E-state index < -0.39 is 0 Å². The van der Waals surface area contributed by atoms with Crippen LogP contribution in [-0.2, 0) is 0 Å². The molecule has 3 atom stereocenters. The number of fused-ring (bicyclic) bond motifs is 1. The third kappa shape index (κ3) is 1.67. The molecule has 2 heterocycles. The van der Waals surface area contributed by atoms with Gasteiger partial charge in [-0.2, -0.15) is 5.10 Å². The van der Waals surface area contributed by atoms with E-state index in [1.165, 1.54) is 50.0 Å². The lowest BCUT2D eigenvalue weighted by molar-refractivity contribution is 0.289. The van der Waals surface area contributed by atoms with E-state index in [-0.39, 0.29) is 0 Å². The van der Waals surface area contributed by atoms with Crippen molar-refractivity contribution >= 4 is 5.82 Å². The number of nitrogens with one attached hydrogen (secondary N) is 1. The minimum atomic E-state index is 0.673. The van der Waals surface area contributed by atoms with Crippen molar-refractivity contribution in [1.29, 1.82) is 0 Å². The Morgan fingerprint density at radius 3 is 2.78 bits per heavy atom. The van der Waals surface area contributed by atoms with Gasteiger partial charge in [-0.25, -0.2) is 4.68 Å². The van der Waals surface area contributed by atoms with E-state index >= 15 is 0 Å². The average molecular weight is 245 g/mol. The third-order valence-electron chi connectivity index (χ3n) is 5.25. The second-order valence-electron chi connectivity index (χ2n) is 6.55. The van der Waals surface area contributed by atoms with Crippen LogP contribution in [0.4, 0.5) is 5.82 Å². The Hall–Kier alpha value is -0.990. The number of nitrogens with zero attached hydrogens (tertiary/aromatic N) is 2. The summed E-state index contributed by atoms with van der Waals surface area (Å²) in [6.45, 7) is 3.47. The second kappa shape index (κ2) is 4.01. The molecule has 1 aliphatic heterocycles. The quantitative estimate of drug-likeness (QED) is 0.863. The maximum atomic E-state index is 4.94. The molecule has 3 unspecified atom stereocenters. The van der Waals surface area contributed by atoms with Crippen LogP contribution in [0.15, 0.2) is 6.07 Å². The van der Waals surface area contributed by atoms with Crippen LogP contribution in [0, 0.1) is 11.8 Å². The molecule has 3 heteroatoms. The number of anilines is 1. The summed E-state index contributed by atoms with van der Waals surface area (Å²) >= 11 is 0. The monoisotopic (exact) mass is 245 g/mol. The molecule has 2 aliphatic carbocycles. The minimum absolute atomic E-state index is 0.673. The Bertz CT molecular complexity index is 445. The fourth-order valence-corrected chi connectivity index (χ4v) is 3.96. The number of hydrogen-bond acceptors (Lipinski definition) is 2. The Labute approximate surface area is 109 Å². The second-order valence-corrected chi connectivity index (χ2v) is 6.55. The lowest BCUT2D eigenvalue weighted by Gasteiger charge is -2.30. The van der Waals surface area contributed by atoms with Gasteiger partial charge in [0.25, 0.3) is 0 Å². The fourth-order valence-electron chi connectivity index (χ4n) is 3.96. The topological polar surface area (TPSA) is 29.9 Å². The summed E-state index contributed by atoms with van der Waals surface area (Å²) in [6.07, 6.45) is 8.29. The molecule has 0 bridgehead atoms. The van der Waals surface area contributed by atoms with Crippen LogP contribution in [0.3, 0.4) is 0 Å². The number of aromatic nitrogens is 2. The minimum Gasteiger partial charge on any atom is -0.370 e. The van der Waals surface area contributed by atoms with Crippen molar-refractivity contribution in [1.82, 2.24) is 9.78 Å². The predicted molar refractivity (Wildman–Crippen MR) is 72.9 cm³/mol. The van der Waals surface area contributed by atoms with Crippen molar-refractivity contribution < 1.29 is 0 Å². The van der Waals surface area contributed by atoms with Gasteiger partial charge in [-0.15, -0.1) is 0 Å². The normalized spacial score (nSPS) is 35.3. The first-order chi connectivity index (χ1) is 8.83. The number of rotatable bonds is 2. The standard InChI is InChI=1S/C15H23N3/c1-10-8-12(10)13-9-15-16-7-6-14(18(15)17-13)11-4-2-3-5-11/h9-12,14,16H,2-8H2,1H3. The van der Waals surface area contributed by atoms with Crippen LogP contribution in [0.25, 0.3) is 0 Å². The summed E-state index contributed by atoms with van der Waals surface area (Å²) in [6, 6.07) is 2.99. The highest BCUT2D eigenvalue weighted by atomic mass is 15.4. The molecular weight excluding hydrogens is 222 g/mol. The van der Waals surface area contributed by atoms with E-state index in [0.29, 0.717) is 6.04 Å². The third-order valence-corrected chi connectivity index (χ3v) is 5.25. The smallest absolute Gasteiger partial charge is 0.124 e. The zero-order chi connectivity index (χ0) is 12.1. The summed E-state index contributed by atoms with van der Waals surface area (Å²) < 4.78 is 2.33.